The number of nitrogens with zero attached hydrogens (tertiary/aromatic N) is 1. The van der Waals surface area contributed by atoms with Crippen LogP contribution in [0.1, 0.15) is 24.4 Å². The van der Waals surface area contributed by atoms with Gasteiger partial charge in [0.1, 0.15) is 12.2 Å². The maximum absolute atomic E-state index is 6.00. The number of likely N-dealkylation sites (tertiary alicyclic amines) is 1. The summed E-state index contributed by atoms with van der Waals surface area (Å²) in [6, 6.07) is 2.67. The molecule has 0 aromatic carbocycles. The van der Waals surface area contributed by atoms with Crippen molar-refractivity contribution in [3.63, 3.8) is 0 Å². The summed E-state index contributed by atoms with van der Waals surface area (Å²) in [5, 5.41) is 0. The van der Waals surface area contributed by atoms with Gasteiger partial charge in [0.05, 0.1) is 30.7 Å². The number of rotatable bonds is 1. The lowest BCUT2D eigenvalue weighted by molar-refractivity contribution is -0.908. The van der Waals surface area contributed by atoms with Crippen LogP contribution in [0.2, 0.25) is 0 Å². The van der Waals surface area contributed by atoms with Crippen LogP contribution < -0.4 is 10.7 Å². The highest BCUT2D eigenvalue weighted by Gasteiger charge is 2.38. The zero-order valence-corrected chi connectivity index (χ0v) is 10.8. The molecule has 0 aliphatic carbocycles. The molecule has 3 nitrogen and oxygen atoms in total. The highest BCUT2D eigenvalue weighted by molar-refractivity contribution is 9.10. The van der Waals surface area contributed by atoms with Crippen LogP contribution in [0.5, 0.6) is 0 Å². The summed E-state index contributed by atoms with van der Waals surface area (Å²) < 4.78 is 2.10. The van der Waals surface area contributed by atoms with Crippen molar-refractivity contribution in [2.45, 2.75) is 18.9 Å². The maximum atomic E-state index is 6.00. The molecule has 1 aliphatic heterocycles. The number of hydrogen-bond donors (Lipinski definition) is 1. The SMILES string of the molecule is C[N+]1(C)CCC[C@H]1c1cc(Br)c[nH+]c1N. The van der Waals surface area contributed by atoms with Crippen molar-refractivity contribution < 1.29 is 9.47 Å². The lowest BCUT2D eigenvalue weighted by Gasteiger charge is -2.31. The van der Waals surface area contributed by atoms with Crippen molar-refractivity contribution >= 4 is 21.7 Å². The predicted octanol–water partition coefficient (Wildman–Crippen LogP) is 1.76. The van der Waals surface area contributed by atoms with Gasteiger partial charge in [0, 0.05) is 12.8 Å². The Morgan fingerprint density at radius 2 is 2.27 bits per heavy atom. The fourth-order valence-corrected chi connectivity index (χ4v) is 2.86. The molecule has 3 N–H and O–H groups in total. The Labute approximate surface area is 99.0 Å². The van der Waals surface area contributed by atoms with Gasteiger partial charge in [-0.25, -0.2) is 4.98 Å². The van der Waals surface area contributed by atoms with Gasteiger partial charge in [-0.2, -0.15) is 0 Å². The summed E-state index contributed by atoms with van der Waals surface area (Å²) in [6.45, 7) is 1.23. The monoisotopic (exact) mass is 271 g/mol. The lowest BCUT2D eigenvalue weighted by atomic mass is 10.0. The van der Waals surface area contributed by atoms with Crippen LogP contribution in [-0.2, 0) is 0 Å². The van der Waals surface area contributed by atoms with Crippen LogP contribution in [-0.4, -0.2) is 25.1 Å². The van der Waals surface area contributed by atoms with E-state index in [0.29, 0.717) is 6.04 Å². The van der Waals surface area contributed by atoms with Crippen LogP contribution >= 0.6 is 15.9 Å². The molecule has 1 aromatic rings. The first-order valence-corrected chi connectivity index (χ1v) is 6.09. The van der Waals surface area contributed by atoms with E-state index < -0.39 is 0 Å². The fraction of sp³-hybridized carbons (Fsp3) is 0.545. The number of aromatic nitrogens is 1. The van der Waals surface area contributed by atoms with Crippen LogP contribution in [0.15, 0.2) is 16.7 Å². The van der Waals surface area contributed by atoms with Crippen molar-refractivity contribution in [2.24, 2.45) is 0 Å². The van der Waals surface area contributed by atoms with Crippen molar-refractivity contribution in [1.82, 2.24) is 0 Å². The summed E-state index contributed by atoms with van der Waals surface area (Å²) in [4.78, 5) is 3.10. The lowest BCUT2D eigenvalue weighted by Crippen LogP contribution is -2.39. The minimum atomic E-state index is 0.527. The van der Waals surface area contributed by atoms with Crippen LogP contribution in [0.25, 0.3) is 0 Å². The number of aromatic amines is 1. The topological polar surface area (TPSA) is 40.2 Å². The molecule has 0 bridgehead atoms. The Balaban J connectivity index is 2.40. The Hall–Kier alpha value is -0.610. The van der Waals surface area contributed by atoms with Crippen molar-refractivity contribution in [1.29, 1.82) is 0 Å². The summed E-state index contributed by atoms with van der Waals surface area (Å²) in [7, 11) is 4.55. The predicted molar refractivity (Wildman–Crippen MR) is 64.1 cm³/mol. The molecule has 1 atom stereocenters. The average Bonchev–Trinajstić information content (AvgIpc) is 2.50. The Kier molecular flexibility index (Phi) is 2.73. The van der Waals surface area contributed by atoms with Gasteiger partial charge in [0.2, 0.25) is 0 Å². The number of anilines is 1. The van der Waals surface area contributed by atoms with Gasteiger partial charge in [-0.05, 0) is 22.0 Å². The third kappa shape index (κ3) is 2.01. The zero-order valence-electron chi connectivity index (χ0n) is 9.26. The number of hydrogen-bond acceptors (Lipinski definition) is 1. The van der Waals surface area contributed by atoms with Gasteiger partial charge < -0.3 is 4.48 Å². The zero-order chi connectivity index (χ0) is 11.1. The number of nitrogens with two attached hydrogens (primary N) is 1. The molecule has 0 unspecified atom stereocenters. The van der Waals surface area contributed by atoms with E-state index in [2.05, 4.69) is 41.1 Å². The van der Waals surface area contributed by atoms with E-state index in [4.69, 9.17) is 5.73 Å². The van der Waals surface area contributed by atoms with Gasteiger partial charge in [0.15, 0.2) is 0 Å². The number of halogens is 1. The minimum absolute atomic E-state index is 0.527. The highest BCUT2D eigenvalue weighted by Crippen LogP contribution is 2.37. The highest BCUT2D eigenvalue weighted by atomic mass is 79.9. The molecule has 0 saturated carbocycles. The van der Waals surface area contributed by atoms with Gasteiger partial charge in [-0.1, -0.05) is 0 Å². The van der Waals surface area contributed by atoms with E-state index in [-0.39, 0.29) is 0 Å². The molecule has 15 heavy (non-hydrogen) atoms. The van der Waals surface area contributed by atoms with Gasteiger partial charge in [0.25, 0.3) is 5.82 Å². The van der Waals surface area contributed by atoms with E-state index in [1.807, 2.05) is 6.20 Å². The van der Waals surface area contributed by atoms with E-state index in [9.17, 15) is 0 Å². The average molecular weight is 272 g/mol. The van der Waals surface area contributed by atoms with Crippen LogP contribution in [0, 0.1) is 0 Å². The van der Waals surface area contributed by atoms with E-state index in [1.54, 1.807) is 0 Å². The van der Waals surface area contributed by atoms with Crippen LogP contribution in [0.4, 0.5) is 5.82 Å². The standard InChI is InChI=1S/C11H17BrN3/c1-15(2)5-3-4-10(15)9-6-8(12)7-14-11(9)13/h6-7,10H,3-5H2,1-2H3,(H2,13,14)/q+1/p+1/t10-/m0/s1. The quantitative estimate of drug-likeness (QED) is 0.777. The van der Waals surface area contributed by atoms with Crippen LogP contribution in [0.3, 0.4) is 0 Å². The maximum Gasteiger partial charge on any atom is 0.279 e. The normalized spacial score (nSPS) is 24.3. The third-order valence-corrected chi connectivity index (χ3v) is 3.84. The molecular weight excluding hydrogens is 254 g/mol. The minimum Gasteiger partial charge on any atom is -0.322 e. The molecule has 1 fully saturated rings. The molecule has 0 spiro atoms. The number of pyridine rings is 1. The van der Waals surface area contributed by atoms with Crippen molar-refractivity contribution in [3.8, 4) is 0 Å². The molecule has 2 rings (SSSR count). The van der Waals surface area contributed by atoms with Crippen molar-refractivity contribution in [2.75, 3.05) is 26.4 Å². The van der Waals surface area contributed by atoms with E-state index in [1.165, 1.54) is 24.9 Å². The Bertz CT molecular complexity index is 376. The number of nitrogen functional groups attached to an aromatic ring is 1. The second-order valence-corrected chi connectivity index (χ2v) is 5.76. The summed E-state index contributed by atoms with van der Waals surface area (Å²) in [6.07, 6.45) is 4.39. The fourth-order valence-electron chi connectivity index (χ4n) is 2.50. The molecule has 2 heterocycles. The molecule has 82 valence electrons. The molecule has 4 heteroatoms. The molecule has 1 aromatic heterocycles. The van der Waals surface area contributed by atoms with Gasteiger partial charge in [-0.15, -0.1) is 0 Å². The smallest absolute Gasteiger partial charge is 0.279 e. The number of nitrogens with one attached hydrogen (secondary N) is 1. The summed E-state index contributed by atoms with van der Waals surface area (Å²) in [5.41, 5.74) is 7.25. The molecule has 0 amide bonds. The molecule has 1 aliphatic rings. The second kappa shape index (κ2) is 3.76. The Morgan fingerprint density at radius 3 is 2.87 bits per heavy atom. The molecule has 0 radical (unpaired) electrons. The Morgan fingerprint density at radius 1 is 1.53 bits per heavy atom. The van der Waals surface area contributed by atoms with Gasteiger partial charge in [-0.3, -0.25) is 5.73 Å². The second-order valence-electron chi connectivity index (χ2n) is 4.85. The third-order valence-electron chi connectivity index (χ3n) is 3.38. The summed E-state index contributed by atoms with van der Waals surface area (Å²) in [5.74, 6) is 0.802. The summed E-state index contributed by atoms with van der Waals surface area (Å²) >= 11 is 3.49. The van der Waals surface area contributed by atoms with E-state index in [0.717, 1.165) is 14.8 Å². The molecular formula is C11H18BrN3+2. The van der Waals surface area contributed by atoms with Crippen molar-refractivity contribution in [3.05, 3.63) is 22.3 Å². The van der Waals surface area contributed by atoms with E-state index >= 15 is 0 Å². The van der Waals surface area contributed by atoms with Gasteiger partial charge >= 0.3 is 0 Å². The number of quaternary nitrogens is 1. The largest absolute Gasteiger partial charge is 0.322 e. The first-order valence-electron chi connectivity index (χ1n) is 5.30. The number of H-pyrrole nitrogens is 1. The first-order chi connectivity index (χ1) is 7.00. The first kappa shape index (κ1) is 10.9. The molecule has 1 saturated heterocycles.